The Morgan fingerprint density at radius 2 is 2.03 bits per heavy atom. The maximum atomic E-state index is 12.6. The number of benzene rings is 1. The molecule has 0 radical (unpaired) electrons. The van der Waals surface area contributed by atoms with Crippen LogP contribution in [0.1, 0.15) is 25.0 Å². The van der Waals surface area contributed by atoms with Crippen LogP contribution in [-0.4, -0.2) is 76.2 Å². The van der Waals surface area contributed by atoms with Gasteiger partial charge in [0.1, 0.15) is 6.10 Å². The summed E-state index contributed by atoms with van der Waals surface area (Å²) in [6.07, 6.45) is 6.37. The molecule has 0 spiro atoms. The van der Waals surface area contributed by atoms with E-state index in [9.17, 15) is 4.79 Å². The van der Waals surface area contributed by atoms with E-state index in [1.165, 1.54) is 0 Å². The highest BCUT2D eigenvalue weighted by Crippen LogP contribution is 2.30. The summed E-state index contributed by atoms with van der Waals surface area (Å²) in [5, 5.41) is 7.87. The van der Waals surface area contributed by atoms with Gasteiger partial charge < -0.3 is 25.3 Å². The quantitative estimate of drug-likeness (QED) is 0.296. The summed E-state index contributed by atoms with van der Waals surface area (Å²) in [4.78, 5) is 32.1. The van der Waals surface area contributed by atoms with Crippen molar-refractivity contribution in [1.82, 2.24) is 30.2 Å². The van der Waals surface area contributed by atoms with E-state index in [0.29, 0.717) is 0 Å². The summed E-state index contributed by atoms with van der Waals surface area (Å²) in [6.45, 7) is 7.20. The Hall–Kier alpha value is -3.82. The third-order valence-electron chi connectivity index (χ3n) is 7.67. The van der Waals surface area contributed by atoms with Crippen molar-refractivity contribution in [1.29, 1.82) is 0 Å². The molecule has 2 aliphatic heterocycles. The summed E-state index contributed by atoms with van der Waals surface area (Å²) in [5.41, 5.74) is 6.54. The Morgan fingerprint density at radius 1 is 1.13 bits per heavy atom. The highest BCUT2D eigenvalue weighted by molar-refractivity contribution is 5.88. The normalized spacial score (nSPS) is 18.4. The zero-order valence-corrected chi connectivity index (χ0v) is 22.3. The second-order valence-corrected chi connectivity index (χ2v) is 10.5. The van der Waals surface area contributed by atoms with Crippen LogP contribution in [0.25, 0.3) is 33.5 Å². The summed E-state index contributed by atoms with van der Waals surface area (Å²) in [6, 6.07) is 14.3. The maximum Gasteiger partial charge on any atom is 0.310 e. The number of carbonyl (C=O) groups is 1. The number of rotatable bonds is 8. The van der Waals surface area contributed by atoms with Gasteiger partial charge in [-0.05, 0) is 76.2 Å². The van der Waals surface area contributed by atoms with E-state index < -0.39 is 0 Å². The van der Waals surface area contributed by atoms with Crippen LogP contribution in [0.15, 0.2) is 55.0 Å². The number of fused-ring (bicyclic) bond motifs is 1. The van der Waals surface area contributed by atoms with Crippen LogP contribution in [0, 0.1) is 12.8 Å². The molecule has 1 aromatic carbocycles. The molecule has 0 saturated carbocycles. The van der Waals surface area contributed by atoms with Gasteiger partial charge in [0, 0.05) is 36.3 Å². The van der Waals surface area contributed by atoms with Gasteiger partial charge in [-0.3, -0.25) is 14.8 Å². The first-order valence-electron chi connectivity index (χ1n) is 13.9. The van der Waals surface area contributed by atoms with Crippen molar-refractivity contribution in [2.45, 2.75) is 32.3 Å². The average Bonchev–Trinajstić information content (AvgIpc) is 3.64. The highest BCUT2D eigenvalue weighted by atomic mass is 16.5. The standard InChI is InChI=1S/C30H35N7O2/c1-20-3-2-4-27(36-20)29-28(34-19-35-29)21-5-6-26-23(15-21)16-24(17-33-26)32-12-14-37-13-9-22(18-37)30(38)39-25-7-10-31-11-8-25/h2-6,15-17,19,22,25,31-32H,7-14,18H2,1H3,(H,34,35)/t22-/m0/s1. The molecule has 4 aromatic rings. The van der Waals surface area contributed by atoms with Crippen molar-refractivity contribution < 1.29 is 9.53 Å². The van der Waals surface area contributed by atoms with Crippen LogP contribution in [-0.2, 0) is 9.53 Å². The number of ether oxygens (including phenoxy) is 1. The van der Waals surface area contributed by atoms with Crippen molar-refractivity contribution >= 4 is 22.6 Å². The minimum Gasteiger partial charge on any atom is -0.462 e. The lowest BCUT2D eigenvalue weighted by molar-refractivity contribution is -0.154. The molecule has 0 amide bonds. The number of esters is 1. The van der Waals surface area contributed by atoms with Crippen LogP contribution in [0.5, 0.6) is 0 Å². The number of aromatic amines is 1. The molecule has 3 aromatic heterocycles. The molecule has 2 aliphatic rings. The number of hydrogen-bond donors (Lipinski definition) is 3. The highest BCUT2D eigenvalue weighted by Gasteiger charge is 2.31. The largest absolute Gasteiger partial charge is 0.462 e. The lowest BCUT2D eigenvalue weighted by Crippen LogP contribution is -2.36. The van der Waals surface area contributed by atoms with Gasteiger partial charge in [0.2, 0.25) is 0 Å². The summed E-state index contributed by atoms with van der Waals surface area (Å²) < 4.78 is 5.77. The van der Waals surface area contributed by atoms with E-state index in [1.807, 2.05) is 37.4 Å². The maximum absolute atomic E-state index is 12.6. The monoisotopic (exact) mass is 525 g/mol. The minimum atomic E-state index is -0.0230. The van der Waals surface area contributed by atoms with E-state index in [2.05, 4.69) is 53.7 Å². The molecular weight excluding hydrogens is 490 g/mol. The predicted molar refractivity (Wildman–Crippen MR) is 152 cm³/mol. The van der Waals surface area contributed by atoms with Gasteiger partial charge >= 0.3 is 5.97 Å². The first kappa shape index (κ1) is 25.5. The number of carbonyl (C=O) groups excluding carboxylic acids is 1. The summed E-state index contributed by atoms with van der Waals surface area (Å²) in [5.74, 6) is -0.0345. The fraction of sp³-hybridized carbons (Fsp3) is 0.400. The van der Waals surface area contributed by atoms with E-state index >= 15 is 0 Å². The molecule has 9 heteroatoms. The molecule has 1 atom stereocenters. The van der Waals surface area contributed by atoms with Crippen LogP contribution < -0.4 is 10.6 Å². The molecule has 2 fully saturated rings. The van der Waals surface area contributed by atoms with Crippen LogP contribution in [0.4, 0.5) is 5.69 Å². The lowest BCUT2D eigenvalue weighted by Gasteiger charge is -2.24. The molecular formula is C30H35N7O2. The van der Waals surface area contributed by atoms with Gasteiger partial charge in [-0.2, -0.15) is 0 Å². The molecule has 3 N–H and O–H groups in total. The molecule has 39 heavy (non-hydrogen) atoms. The Morgan fingerprint density at radius 3 is 2.90 bits per heavy atom. The Balaban J connectivity index is 1.06. The summed E-state index contributed by atoms with van der Waals surface area (Å²) >= 11 is 0. The first-order chi connectivity index (χ1) is 19.1. The summed E-state index contributed by atoms with van der Waals surface area (Å²) in [7, 11) is 0. The predicted octanol–water partition coefficient (Wildman–Crippen LogP) is 4.02. The van der Waals surface area contributed by atoms with Crippen LogP contribution in [0.2, 0.25) is 0 Å². The van der Waals surface area contributed by atoms with Crippen molar-refractivity contribution in [2.75, 3.05) is 44.6 Å². The van der Waals surface area contributed by atoms with Crippen molar-refractivity contribution in [2.24, 2.45) is 5.92 Å². The minimum absolute atomic E-state index is 0.0115. The van der Waals surface area contributed by atoms with E-state index in [-0.39, 0.29) is 18.0 Å². The second kappa shape index (κ2) is 11.5. The lowest BCUT2D eigenvalue weighted by atomic mass is 10.0. The zero-order valence-electron chi connectivity index (χ0n) is 22.3. The number of hydrogen-bond acceptors (Lipinski definition) is 8. The number of aromatic nitrogens is 4. The fourth-order valence-electron chi connectivity index (χ4n) is 5.53. The van der Waals surface area contributed by atoms with Crippen molar-refractivity contribution in [3.05, 3.63) is 60.7 Å². The first-order valence-corrected chi connectivity index (χ1v) is 13.9. The average molecular weight is 526 g/mol. The number of anilines is 1. The number of H-pyrrole nitrogens is 1. The molecule has 0 bridgehead atoms. The third-order valence-corrected chi connectivity index (χ3v) is 7.67. The molecule has 2 saturated heterocycles. The molecule has 9 nitrogen and oxygen atoms in total. The molecule has 5 heterocycles. The van der Waals surface area contributed by atoms with Crippen molar-refractivity contribution in [3.8, 4) is 22.6 Å². The van der Waals surface area contributed by atoms with Crippen molar-refractivity contribution in [3.63, 3.8) is 0 Å². The SMILES string of the molecule is Cc1cccc(-c2[nH]cnc2-c2ccc3ncc(NCCN4CC[C@H](C(=O)OC5CCNCC5)C4)cc3c2)n1. The number of likely N-dealkylation sites (tertiary alicyclic amines) is 1. The number of piperidine rings is 1. The smallest absolute Gasteiger partial charge is 0.310 e. The van der Waals surface area contributed by atoms with Gasteiger partial charge in [0.25, 0.3) is 0 Å². The van der Waals surface area contributed by atoms with Gasteiger partial charge in [-0.25, -0.2) is 4.98 Å². The second-order valence-electron chi connectivity index (χ2n) is 10.5. The number of imidazole rings is 1. The van der Waals surface area contributed by atoms with E-state index in [1.54, 1.807) is 6.33 Å². The third kappa shape index (κ3) is 5.94. The molecule has 6 rings (SSSR count). The Labute approximate surface area is 228 Å². The number of pyridine rings is 2. The van der Waals surface area contributed by atoms with Gasteiger partial charge in [-0.1, -0.05) is 12.1 Å². The molecule has 202 valence electrons. The van der Waals surface area contributed by atoms with Crippen LogP contribution in [0.3, 0.4) is 0 Å². The van der Waals surface area contributed by atoms with Gasteiger partial charge in [0.15, 0.2) is 0 Å². The molecule has 0 aliphatic carbocycles. The number of nitrogens with one attached hydrogen (secondary N) is 3. The van der Waals surface area contributed by atoms with Gasteiger partial charge in [-0.15, -0.1) is 0 Å². The number of aryl methyl sites for hydroxylation is 1. The molecule has 0 unspecified atom stereocenters. The zero-order chi connectivity index (χ0) is 26.6. The van der Waals surface area contributed by atoms with Crippen LogP contribution >= 0.6 is 0 Å². The Bertz CT molecular complexity index is 1450. The topological polar surface area (TPSA) is 108 Å². The van der Waals surface area contributed by atoms with E-state index in [0.717, 1.165) is 103 Å². The Kier molecular flexibility index (Phi) is 7.51. The van der Waals surface area contributed by atoms with E-state index in [4.69, 9.17) is 4.74 Å². The fourth-order valence-corrected chi connectivity index (χ4v) is 5.53. The van der Waals surface area contributed by atoms with Gasteiger partial charge in [0.05, 0.1) is 46.7 Å². The number of nitrogens with zero attached hydrogens (tertiary/aromatic N) is 4.